The van der Waals surface area contributed by atoms with Crippen LogP contribution < -0.4 is 0 Å². The van der Waals surface area contributed by atoms with E-state index >= 15 is 0 Å². The third kappa shape index (κ3) is 3.00. The van der Waals surface area contributed by atoms with Crippen molar-refractivity contribution in [1.29, 1.82) is 0 Å². The maximum absolute atomic E-state index is 11.9. The molecule has 1 saturated carbocycles. The molecule has 1 aliphatic rings. The van der Waals surface area contributed by atoms with E-state index in [-0.39, 0.29) is 5.78 Å². The summed E-state index contributed by atoms with van der Waals surface area (Å²) in [6.45, 7) is 0. The lowest BCUT2D eigenvalue weighted by Gasteiger charge is -2.30. The first-order chi connectivity index (χ1) is 8.76. The summed E-state index contributed by atoms with van der Waals surface area (Å²) in [7, 11) is 1.69. The quantitative estimate of drug-likeness (QED) is 0.452. The van der Waals surface area contributed by atoms with Crippen LogP contribution in [0.15, 0.2) is 30.3 Å². The second kappa shape index (κ2) is 5.84. The van der Waals surface area contributed by atoms with Crippen LogP contribution in [0.3, 0.4) is 0 Å². The third-order valence-corrected chi connectivity index (χ3v) is 3.49. The second-order valence-corrected chi connectivity index (χ2v) is 4.70. The van der Waals surface area contributed by atoms with Crippen molar-refractivity contribution in [3.8, 4) is 11.8 Å². The zero-order chi connectivity index (χ0) is 12.8. The van der Waals surface area contributed by atoms with E-state index in [1.807, 2.05) is 18.2 Å². The molecule has 18 heavy (non-hydrogen) atoms. The smallest absolute Gasteiger partial charge is 0.235 e. The van der Waals surface area contributed by atoms with Gasteiger partial charge in [0.25, 0.3) is 0 Å². The van der Waals surface area contributed by atoms with Gasteiger partial charge < -0.3 is 4.74 Å². The van der Waals surface area contributed by atoms with Gasteiger partial charge in [0.15, 0.2) is 0 Å². The summed E-state index contributed by atoms with van der Waals surface area (Å²) >= 11 is 0. The minimum Gasteiger partial charge on any atom is -0.366 e. The molecule has 0 atom stereocenters. The van der Waals surface area contributed by atoms with Crippen molar-refractivity contribution in [2.24, 2.45) is 0 Å². The topological polar surface area (TPSA) is 26.3 Å². The second-order valence-electron chi connectivity index (χ2n) is 4.70. The van der Waals surface area contributed by atoms with Gasteiger partial charge in [0.1, 0.15) is 5.60 Å². The average Bonchev–Trinajstić information content (AvgIpc) is 2.47. The van der Waals surface area contributed by atoms with Crippen molar-refractivity contribution in [1.82, 2.24) is 0 Å². The number of ketones is 1. The minimum absolute atomic E-state index is 0.127. The van der Waals surface area contributed by atoms with Crippen LogP contribution in [0.1, 0.15) is 42.5 Å². The average molecular weight is 242 g/mol. The number of benzene rings is 1. The van der Waals surface area contributed by atoms with Crippen LogP contribution in [0.4, 0.5) is 0 Å². The third-order valence-electron chi connectivity index (χ3n) is 3.49. The van der Waals surface area contributed by atoms with E-state index in [2.05, 4.69) is 11.8 Å². The Morgan fingerprint density at radius 2 is 1.83 bits per heavy atom. The van der Waals surface area contributed by atoms with E-state index < -0.39 is 5.60 Å². The van der Waals surface area contributed by atoms with Gasteiger partial charge in [0.2, 0.25) is 5.78 Å². The Labute approximate surface area is 108 Å². The molecule has 2 nitrogen and oxygen atoms in total. The number of hydrogen-bond acceptors (Lipinski definition) is 2. The summed E-state index contributed by atoms with van der Waals surface area (Å²) < 4.78 is 5.54. The number of methoxy groups -OCH3 is 1. The van der Waals surface area contributed by atoms with Crippen molar-refractivity contribution in [3.63, 3.8) is 0 Å². The summed E-state index contributed by atoms with van der Waals surface area (Å²) in [5, 5.41) is 0. The molecule has 0 unspecified atom stereocenters. The molecule has 1 fully saturated rings. The number of ether oxygens (including phenoxy) is 1. The SMILES string of the molecule is COC1(C#CC(=O)c2ccccc2)CCCCC1. The van der Waals surface area contributed by atoms with E-state index in [9.17, 15) is 4.79 Å². The summed E-state index contributed by atoms with van der Waals surface area (Å²) in [6, 6.07) is 9.17. The molecule has 1 aromatic carbocycles. The maximum Gasteiger partial charge on any atom is 0.235 e. The highest BCUT2D eigenvalue weighted by Crippen LogP contribution is 2.30. The number of rotatable bonds is 2. The van der Waals surface area contributed by atoms with Crippen LogP contribution in [0.5, 0.6) is 0 Å². The maximum atomic E-state index is 11.9. The fraction of sp³-hybridized carbons (Fsp3) is 0.438. The van der Waals surface area contributed by atoms with E-state index in [0.717, 1.165) is 25.7 Å². The van der Waals surface area contributed by atoms with Gasteiger partial charge in [-0.25, -0.2) is 0 Å². The molecule has 1 aliphatic carbocycles. The zero-order valence-corrected chi connectivity index (χ0v) is 10.7. The molecule has 0 saturated heterocycles. The van der Waals surface area contributed by atoms with Crippen molar-refractivity contribution >= 4 is 5.78 Å². The zero-order valence-electron chi connectivity index (χ0n) is 10.7. The van der Waals surface area contributed by atoms with Gasteiger partial charge in [-0.15, -0.1) is 0 Å². The van der Waals surface area contributed by atoms with Gasteiger partial charge in [0, 0.05) is 12.7 Å². The van der Waals surface area contributed by atoms with Crippen LogP contribution in [-0.2, 0) is 4.74 Å². The Morgan fingerprint density at radius 3 is 2.44 bits per heavy atom. The Hall–Kier alpha value is -1.59. The standard InChI is InChI=1S/C16H18O2/c1-18-16(11-6-3-7-12-16)13-10-15(17)14-8-4-2-5-9-14/h2,4-5,8-9H,3,6-7,11-12H2,1H3. The van der Waals surface area contributed by atoms with Crippen LogP contribution in [0, 0.1) is 11.8 Å². The molecule has 0 amide bonds. The first kappa shape index (κ1) is 12.9. The lowest BCUT2D eigenvalue weighted by atomic mass is 9.85. The van der Waals surface area contributed by atoms with Gasteiger partial charge in [-0.1, -0.05) is 42.7 Å². The van der Waals surface area contributed by atoms with Crippen LogP contribution in [0.25, 0.3) is 0 Å². The van der Waals surface area contributed by atoms with Crippen molar-refractivity contribution in [2.75, 3.05) is 7.11 Å². The van der Waals surface area contributed by atoms with E-state index in [1.54, 1.807) is 19.2 Å². The normalized spacial score (nSPS) is 17.6. The summed E-state index contributed by atoms with van der Waals surface area (Å²) in [6.07, 6.45) is 5.35. The summed E-state index contributed by atoms with van der Waals surface area (Å²) in [5.74, 6) is 5.68. The first-order valence-corrected chi connectivity index (χ1v) is 6.43. The fourth-order valence-corrected chi connectivity index (χ4v) is 2.34. The Kier molecular flexibility index (Phi) is 4.17. The van der Waals surface area contributed by atoms with E-state index in [4.69, 9.17) is 4.74 Å². The Balaban J connectivity index is 2.13. The van der Waals surface area contributed by atoms with Crippen molar-refractivity contribution in [3.05, 3.63) is 35.9 Å². The fourth-order valence-electron chi connectivity index (χ4n) is 2.34. The molecule has 0 aromatic heterocycles. The molecule has 94 valence electrons. The minimum atomic E-state index is -0.400. The molecule has 0 heterocycles. The largest absolute Gasteiger partial charge is 0.366 e. The number of hydrogen-bond donors (Lipinski definition) is 0. The van der Waals surface area contributed by atoms with Gasteiger partial charge >= 0.3 is 0 Å². The molecule has 2 rings (SSSR count). The molecule has 1 aromatic rings. The monoisotopic (exact) mass is 242 g/mol. The Bertz CT molecular complexity index is 459. The molecular weight excluding hydrogens is 224 g/mol. The van der Waals surface area contributed by atoms with Crippen molar-refractivity contribution < 1.29 is 9.53 Å². The molecule has 0 aliphatic heterocycles. The first-order valence-electron chi connectivity index (χ1n) is 6.43. The van der Waals surface area contributed by atoms with E-state index in [0.29, 0.717) is 5.56 Å². The molecule has 2 heteroatoms. The highest BCUT2D eigenvalue weighted by Gasteiger charge is 2.29. The number of Topliss-reactive ketones (excluding diaryl/α,β-unsaturated/α-hetero) is 1. The highest BCUT2D eigenvalue weighted by atomic mass is 16.5. The molecule has 0 N–H and O–H groups in total. The van der Waals surface area contributed by atoms with Crippen LogP contribution >= 0.6 is 0 Å². The lowest BCUT2D eigenvalue weighted by molar-refractivity contribution is 0.0104. The van der Waals surface area contributed by atoms with E-state index in [1.165, 1.54) is 6.42 Å². The summed E-state index contributed by atoms with van der Waals surface area (Å²) in [5.41, 5.74) is 0.245. The van der Waals surface area contributed by atoms with Gasteiger partial charge in [-0.3, -0.25) is 4.79 Å². The molecular formula is C16H18O2. The van der Waals surface area contributed by atoms with Gasteiger partial charge in [-0.2, -0.15) is 0 Å². The van der Waals surface area contributed by atoms with Gasteiger partial charge in [0.05, 0.1) is 0 Å². The van der Waals surface area contributed by atoms with Gasteiger partial charge in [-0.05, 0) is 31.6 Å². The van der Waals surface area contributed by atoms with Crippen LogP contribution in [0.2, 0.25) is 0 Å². The molecule has 0 radical (unpaired) electrons. The highest BCUT2D eigenvalue weighted by molar-refractivity contribution is 6.09. The summed E-state index contributed by atoms with van der Waals surface area (Å²) in [4.78, 5) is 11.9. The predicted octanol–water partition coefficient (Wildman–Crippen LogP) is 3.22. The molecule has 0 bridgehead atoms. The van der Waals surface area contributed by atoms with Crippen molar-refractivity contribution in [2.45, 2.75) is 37.7 Å². The molecule has 0 spiro atoms. The number of carbonyl (C=O) groups is 1. The number of carbonyl (C=O) groups excluding carboxylic acids is 1. The van der Waals surface area contributed by atoms with Crippen LogP contribution in [-0.4, -0.2) is 18.5 Å². The Morgan fingerprint density at radius 1 is 1.17 bits per heavy atom. The lowest BCUT2D eigenvalue weighted by Crippen LogP contribution is -2.32. The predicted molar refractivity (Wildman–Crippen MR) is 71.4 cm³/mol.